The van der Waals surface area contributed by atoms with Crippen molar-refractivity contribution < 1.29 is 19.2 Å². The first-order valence-corrected chi connectivity index (χ1v) is 3.77. The predicted molar refractivity (Wildman–Crippen MR) is 44.4 cm³/mol. The van der Waals surface area contributed by atoms with Gasteiger partial charge in [-0.3, -0.25) is 4.79 Å². The van der Waals surface area contributed by atoms with Crippen molar-refractivity contribution in [2.75, 3.05) is 6.54 Å². The highest BCUT2D eigenvalue weighted by Gasteiger charge is 2.09. The molecule has 4 N–H and O–H groups in total. The zero-order chi connectivity index (χ0) is 10.6. The van der Waals surface area contributed by atoms with Crippen LogP contribution >= 0.6 is 0 Å². The quantitative estimate of drug-likeness (QED) is 0.556. The van der Waals surface area contributed by atoms with Gasteiger partial charge in [0.2, 0.25) is 5.91 Å². The number of carboxylic acids is 1. The lowest BCUT2D eigenvalue weighted by molar-refractivity contribution is -0.117. The monoisotopic (exact) mass is 199 g/mol. The first kappa shape index (κ1) is 10.2. The summed E-state index contributed by atoms with van der Waals surface area (Å²) in [6.07, 6.45) is 0. The van der Waals surface area contributed by atoms with E-state index in [4.69, 9.17) is 10.8 Å². The van der Waals surface area contributed by atoms with Crippen molar-refractivity contribution in [3.63, 3.8) is 0 Å². The first-order chi connectivity index (χ1) is 6.59. The summed E-state index contributed by atoms with van der Waals surface area (Å²) in [5.74, 6) is -1.32. The van der Waals surface area contributed by atoms with Gasteiger partial charge in [0.25, 0.3) is 0 Å². The van der Waals surface area contributed by atoms with Crippen LogP contribution in [-0.2, 0) is 11.3 Å². The van der Waals surface area contributed by atoms with E-state index >= 15 is 0 Å². The van der Waals surface area contributed by atoms with Gasteiger partial charge in [-0.1, -0.05) is 5.16 Å². The maximum atomic E-state index is 10.4. The van der Waals surface area contributed by atoms with Crippen LogP contribution in [0.3, 0.4) is 0 Å². The van der Waals surface area contributed by atoms with Crippen LogP contribution < -0.4 is 11.1 Å². The predicted octanol–water partition coefficient (Wildman–Crippen LogP) is -1.05. The third kappa shape index (κ3) is 2.87. The van der Waals surface area contributed by atoms with E-state index in [0.29, 0.717) is 5.76 Å². The van der Waals surface area contributed by atoms with Crippen LogP contribution in [0.5, 0.6) is 0 Å². The Morgan fingerprint density at radius 3 is 2.86 bits per heavy atom. The van der Waals surface area contributed by atoms with Crippen LogP contribution in [0.2, 0.25) is 0 Å². The summed E-state index contributed by atoms with van der Waals surface area (Å²) in [5, 5.41) is 14.4. The van der Waals surface area contributed by atoms with Crippen LogP contribution in [-0.4, -0.2) is 28.7 Å². The molecule has 0 aromatic carbocycles. The number of aromatic carboxylic acids is 1. The largest absolute Gasteiger partial charge is 0.476 e. The molecule has 0 bridgehead atoms. The van der Waals surface area contributed by atoms with Gasteiger partial charge in [-0.25, -0.2) is 4.79 Å². The van der Waals surface area contributed by atoms with Crippen molar-refractivity contribution in [3.05, 3.63) is 17.5 Å². The van der Waals surface area contributed by atoms with Gasteiger partial charge < -0.3 is 20.7 Å². The second kappa shape index (κ2) is 4.38. The minimum Gasteiger partial charge on any atom is -0.476 e. The fraction of sp³-hybridized carbons (Fsp3) is 0.286. The normalized spacial score (nSPS) is 10.0. The standard InChI is InChI=1S/C7H9N3O4/c8-6(11)3-9-2-4-1-5(7(12)13)10-14-4/h1,9H,2-3H2,(H2,8,11)(H,12,13). The van der Waals surface area contributed by atoms with E-state index in [-0.39, 0.29) is 18.8 Å². The summed E-state index contributed by atoms with van der Waals surface area (Å²) in [7, 11) is 0. The van der Waals surface area contributed by atoms with E-state index < -0.39 is 11.9 Å². The summed E-state index contributed by atoms with van der Waals surface area (Å²) >= 11 is 0. The Morgan fingerprint density at radius 2 is 2.36 bits per heavy atom. The molecular formula is C7H9N3O4. The zero-order valence-electron chi connectivity index (χ0n) is 7.19. The molecule has 1 rings (SSSR count). The fourth-order valence-corrected chi connectivity index (χ4v) is 0.806. The van der Waals surface area contributed by atoms with Crippen molar-refractivity contribution in [3.8, 4) is 0 Å². The van der Waals surface area contributed by atoms with Crippen LogP contribution in [0.15, 0.2) is 10.6 Å². The number of nitrogens with two attached hydrogens (primary N) is 1. The molecular weight excluding hydrogens is 190 g/mol. The van der Waals surface area contributed by atoms with Crippen molar-refractivity contribution in [2.24, 2.45) is 5.73 Å². The number of nitrogens with one attached hydrogen (secondary N) is 1. The number of hydrogen-bond acceptors (Lipinski definition) is 5. The third-order valence-electron chi connectivity index (χ3n) is 1.38. The molecule has 1 aromatic heterocycles. The maximum absolute atomic E-state index is 10.4. The van der Waals surface area contributed by atoms with Crippen molar-refractivity contribution >= 4 is 11.9 Å². The molecule has 0 aliphatic heterocycles. The Hall–Kier alpha value is -1.89. The number of hydrogen-bond donors (Lipinski definition) is 3. The smallest absolute Gasteiger partial charge is 0.358 e. The number of rotatable bonds is 5. The van der Waals surface area contributed by atoms with Gasteiger partial charge in [0.05, 0.1) is 13.1 Å². The van der Waals surface area contributed by atoms with Crippen LogP contribution in [0.25, 0.3) is 0 Å². The number of primary amides is 1. The summed E-state index contributed by atoms with van der Waals surface area (Å²) in [6, 6.07) is 1.27. The van der Waals surface area contributed by atoms with Crippen LogP contribution in [0.1, 0.15) is 16.2 Å². The molecule has 14 heavy (non-hydrogen) atoms. The Balaban J connectivity index is 2.44. The van der Waals surface area contributed by atoms with Gasteiger partial charge in [-0.2, -0.15) is 0 Å². The molecule has 7 nitrogen and oxygen atoms in total. The van der Waals surface area contributed by atoms with E-state index in [0.717, 1.165) is 0 Å². The molecule has 1 aromatic rings. The van der Waals surface area contributed by atoms with Gasteiger partial charge >= 0.3 is 5.97 Å². The number of carbonyl (C=O) groups excluding carboxylic acids is 1. The maximum Gasteiger partial charge on any atom is 0.358 e. The third-order valence-corrected chi connectivity index (χ3v) is 1.38. The molecule has 1 amide bonds. The molecule has 1 heterocycles. The summed E-state index contributed by atoms with van der Waals surface area (Å²) in [6.45, 7) is 0.215. The van der Waals surface area contributed by atoms with E-state index in [1.54, 1.807) is 0 Å². The molecule has 0 aliphatic rings. The SMILES string of the molecule is NC(=O)CNCc1cc(C(=O)O)no1. The molecule has 76 valence electrons. The van der Waals surface area contributed by atoms with Gasteiger partial charge in [-0.15, -0.1) is 0 Å². The lowest BCUT2D eigenvalue weighted by atomic mass is 10.3. The Bertz CT molecular complexity index is 346. The first-order valence-electron chi connectivity index (χ1n) is 3.77. The molecule has 0 saturated heterocycles. The average Bonchev–Trinajstić information content (AvgIpc) is 2.52. The number of nitrogens with zero attached hydrogens (tertiary/aromatic N) is 1. The average molecular weight is 199 g/mol. The van der Waals surface area contributed by atoms with E-state index in [2.05, 4.69) is 15.0 Å². The Kier molecular flexibility index (Phi) is 3.19. The van der Waals surface area contributed by atoms with E-state index in [1.165, 1.54) is 6.07 Å². The van der Waals surface area contributed by atoms with Gasteiger partial charge in [0.15, 0.2) is 11.5 Å². The van der Waals surface area contributed by atoms with Crippen molar-refractivity contribution in [1.82, 2.24) is 10.5 Å². The molecule has 0 saturated carbocycles. The molecule has 0 radical (unpaired) electrons. The highest BCUT2D eigenvalue weighted by atomic mass is 16.5. The minimum absolute atomic E-state index is 0.00308. The van der Waals surface area contributed by atoms with Crippen molar-refractivity contribution in [2.45, 2.75) is 6.54 Å². The topological polar surface area (TPSA) is 118 Å². The molecule has 0 spiro atoms. The van der Waals surface area contributed by atoms with E-state index in [9.17, 15) is 9.59 Å². The number of carbonyl (C=O) groups is 2. The number of amides is 1. The van der Waals surface area contributed by atoms with Crippen LogP contribution in [0, 0.1) is 0 Å². The highest BCUT2D eigenvalue weighted by molar-refractivity contribution is 5.85. The second-order valence-corrected chi connectivity index (χ2v) is 2.55. The minimum atomic E-state index is -1.16. The van der Waals surface area contributed by atoms with Gasteiger partial charge in [-0.05, 0) is 0 Å². The molecule has 7 heteroatoms. The zero-order valence-corrected chi connectivity index (χ0v) is 7.19. The van der Waals surface area contributed by atoms with Crippen LogP contribution in [0.4, 0.5) is 0 Å². The molecule has 0 aliphatic carbocycles. The summed E-state index contributed by atoms with van der Waals surface area (Å²) < 4.78 is 4.66. The molecule has 0 unspecified atom stereocenters. The Labute approximate surface area is 78.9 Å². The highest BCUT2D eigenvalue weighted by Crippen LogP contribution is 2.02. The summed E-state index contributed by atoms with van der Waals surface area (Å²) in [5.41, 5.74) is 4.70. The van der Waals surface area contributed by atoms with Gasteiger partial charge in [0, 0.05) is 6.07 Å². The lowest BCUT2D eigenvalue weighted by Gasteiger charge is -1.95. The molecule has 0 atom stereocenters. The van der Waals surface area contributed by atoms with E-state index in [1.807, 2.05) is 0 Å². The summed E-state index contributed by atoms with van der Waals surface area (Å²) in [4.78, 5) is 20.7. The number of aromatic nitrogens is 1. The lowest BCUT2D eigenvalue weighted by Crippen LogP contribution is -2.27. The second-order valence-electron chi connectivity index (χ2n) is 2.55. The number of carboxylic acid groups (broad SMARTS) is 1. The van der Waals surface area contributed by atoms with Crippen molar-refractivity contribution in [1.29, 1.82) is 0 Å². The van der Waals surface area contributed by atoms with Gasteiger partial charge in [0.1, 0.15) is 0 Å². The fourth-order valence-electron chi connectivity index (χ4n) is 0.806. The molecule has 0 fully saturated rings. The Morgan fingerprint density at radius 1 is 1.64 bits per heavy atom.